The minimum atomic E-state index is -0.908. The smallest absolute Gasteiger partial charge is 0.332 e. The number of carboxylic acids is 1. The first kappa shape index (κ1) is 16.4. The third-order valence-electron chi connectivity index (χ3n) is 4.01. The first-order chi connectivity index (χ1) is 10.5. The van der Waals surface area contributed by atoms with E-state index in [1.807, 2.05) is 19.2 Å². The summed E-state index contributed by atoms with van der Waals surface area (Å²) < 4.78 is 10.9. The zero-order valence-corrected chi connectivity index (χ0v) is 13.3. The number of rotatable bonds is 6. The normalized spacial score (nSPS) is 17.1. The van der Waals surface area contributed by atoms with Crippen molar-refractivity contribution in [2.24, 2.45) is 0 Å². The van der Waals surface area contributed by atoms with Gasteiger partial charge in [-0.15, -0.1) is 0 Å². The lowest BCUT2D eigenvalue weighted by molar-refractivity contribution is -0.153. The average molecular weight is 308 g/mol. The fourth-order valence-corrected chi connectivity index (χ4v) is 2.68. The molecule has 1 aliphatic heterocycles. The van der Waals surface area contributed by atoms with Gasteiger partial charge >= 0.3 is 5.97 Å². The maximum atomic E-state index is 10.8. The van der Waals surface area contributed by atoms with E-state index in [9.17, 15) is 4.79 Å². The van der Waals surface area contributed by atoms with E-state index in [0.29, 0.717) is 0 Å². The highest BCUT2D eigenvalue weighted by molar-refractivity contribution is 5.71. The van der Waals surface area contributed by atoms with E-state index in [-0.39, 0.29) is 6.10 Å². The van der Waals surface area contributed by atoms with Crippen LogP contribution >= 0.6 is 0 Å². The molecule has 0 amide bonds. The molecule has 2 N–H and O–H groups in total. The number of hydrogen-bond donors (Lipinski definition) is 2. The molecule has 1 heterocycles. The number of piperidine rings is 1. The van der Waals surface area contributed by atoms with Crippen molar-refractivity contribution < 1.29 is 19.4 Å². The molecule has 1 fully saturated rings. The molecule has 6 nitrogen and oxygen atoms in total. The van der Waals surface area contributed by atoms with Gasteiger partial charge in [0.25, 0.3) is 0 Å². The predicted octanol–water partition coefficient (Wildman–Crippen LogP) is 2.20. The number of nitrogens with one attached hydrogen (secondary N) is 1. The number of nitrogens with zero attached hydrogens (tertiary/aromatic N) is 1. The Bertz CT molecular complexity index is 513. The summed E-state index contributed by atoms with van der Waals surface area (Å²) in [5.41, 5.74) is 2.07. The molecular weight excluding hydrogens is 284 g/mol. The number of aliphatic carboxylic acids is 1. The van der Waals surface area contributed by atoms with Crippen LogP contribution in [0.25, 0.3) is 0 Å². The number of ether oxygens (including phenoxy) is 2. The fraction of sp³-hybridized carbons (Fsp3) is 0.562. The molecule has 0 saturated carbocycles. The number of benzene rings is 1. The summed E-state index contributed by atoms with van der Waals surface area (Å²) in [6.45, 7) is 3.27. The van der Waals surface area contributed by atoms with Gasteiger partial charge in [-0.25, -0.2) is 4.79 Å². The highest BCUT2D eigenvalue weighted by Gasteiger charge is 2.24. The number of hydrogen-bond acceptors (Lipinski definition) is 5. The van der Waals surface area contributed by atoms with E-state index < -0.39 is 12.1 Å². The SMILES string of the molecule is CNc1ccc(N2CCC(OC(C)C(=O)O)CC2)cc1OC. The van der Waals surface area contributed by atoms with Crippen molar-refractivity contribution in [2.75, 3.05) is 37.5 Å². The molecule has 6 heteroatoms. The van der Waals surface area contributed by atoms with Crippen LogP contribution in [0.5, 0.6) is 5.75 Å². The molecule has 2 rings (SSSR count). The lowest BCUT2D eigenvalue weighted by Crippen LogP contribution is -2.39. The highest BCUT2D eigenvalue weighted by atomic mass is 16.5. The largest absolute Gasteiger partial charge is 0.495 e. The predicted molar refractivity (Wildman–Crippen MR) is 86.0 cm³/mol. The summed E-state index contributed by atoms with van der Waals surface area (Å²) in [7, 11) is 3.53. The molecule has 22 heavy (non-hydrogen) atoms. The maximum Gasteiger partial charge on any atom is 0.332 e. The van der Waals surface area contributed by atoms with Crippen molar-refractivity contribution >= 4 is 17.3 Å². The van der Waals surface area contributed by atoms with Gasteiger partial charge < -0.3 is 24.8 Å². The quantitative estimate of drug-likeness (QED) is 0.839. The van der Waals surface area contributed by atoms with Crippen LogP contribution in [0.1, 0.15) is 19.8 Å². The summed E-state index contributed by atoms with van der Waals surface area (Å²) in [6, 6.07) is 6.09. The van der Waals surface area contributed by atoms with Crippen LogP contribution in [0, 0.1) is 0 Å². The second-order valence-electron chi connectivity index (χ2n) is 5.44. The minimum absolute atomic E-state index is 0.0147. The highest BCUT2D eigenvalue weighted by Crippen LogP contribution is 2.31. The molecule has 1 aromatic carbocycles. The van der Waals surface area contributed by atoms with Crippen LogP contribution in [-0.4, -0.2) is 50.5 Å². The van der Waals surface area contributed by atoms with E-state index >= 15 is 0 Å². The lowest BCUT2D eigenvalue weighted by atomic mass is 10.1. The molecule has 0 radical (unpaired) electrons. The number of methoxy groups -OCH3 is 1. The number of carbonyl (C=O) groups is 1. The average Bonchev–Trinajstić information content (AvgIpc) is 2.54. The van der Waals surface area contributed by atoms with Gasteiger partial charge in [-0.2, -0.15) is 0 Å². The van der Waals surface area contributed by atoms with E-state index in [4.69, 9.17) is 14.6 Å². The molecule has 1 aromatic rings. The second-order valence-corrected chi connectivity index (χ2v) is 5.44. The van der Waals surface area contributed by atoms with E-state index in [1.54, 1.807) is 14.0 Å². The van der Waals surface area contributed by atoms with Crippen molar-refractivity contribution in [3.8, 4) is 5.75 Å². The van der Waals surface area contributed by atoms with Gasteiger partial charge in [0.2, 0.25) is 0 Å². The van der Waals surface area contributed by atoms with Gasteiger partial charge in [0.1, 0.15) is 5.75 Å². The third-order valence-corrected chi connectivity index (χ3v) is 4.01. The molecule has 1 saturated heterocycles. The Morgan fingerprint density at radius 1 is 1.41 bits per heavy atom. The first-order valence-electron chi connectivity index (χ1n) is 7.54. The van der Waals surface area contributed by atoms with Crippen molar-refractivity contribution in [3.63, 3.8) is 0 Å². The van der Waals surface area contributed by atoms with Crippen LogP contribution in [0.4, 0.5) is 11.4 Å². The summed E-state index contributed by atoms with van der Waals surface area (Å²) in [6.07, 6.45) is 0.925. The Kier molecular flexibility index (Phi) is 5.49. The first-order valence-corrected chi connectivity index (χ1v) is 7.54. The van der Waals surface area contributed by atoms with Crippen LogP contribution in [0.15, 0.2) is 18.2 Å². The van der Waals surface area contributed by atoms with E-state index in [1.165, 1.54) is 0 Å². The molecule has 122 valence electrons. The van der Waals surface area contributed by atoms with Gasteiger partial charge in [-0.3, -0.25) is 0 Å². The summed E-state index contributed by atoms with van der Waals surface area (Å²) >= 11 is 0. The zero-order chi connectivity index (χ0) is 16.1. The van der Waals surface area contributed by atoms with Gasteiger partial charge in [-0.05, 0) is 31.9 Å². The molecule has 1 unspecified atom stereocenters. The summed E-state index contributed by atoms with van der Waals surface area (Å²) in [5.74, 6) is -0.0901. The number of carboxylic acid groups (broad SMARTS) is 1. The molecular formula is C16H24N2O4. The van der Waals surface area contributed by atoms with Gasteiger partial charge in [0.05, 0.1) is 18.9 Å². The summed E-state index contributed by atoms with van der Waals surface area (Å²) in [4.78, 5) is 13.1. The van der Waals surface area contributed by atoms with Crippen molar-refractivity contribution in [2.45, 2.75) is 32.0 Å². The van der Waals surface area contributed by atoms with E-state index in [0.717, 1.165) is 43.1 Å². The van der Waals surface area contributed by atoms with Crippen molar-refractivity contribution in [1.82, 2.24) is 0 Å². The summed E-state index contributed by atoms with van der Waals surface area (Å²) in [5, 5.41) is 12.0. The molecule has 1 aliphatic rings. The Hall–Kier alpha value is -1.95. The van der Waals surface area contributed by atoms with Crippen LogP contribution in [0.3, 0.4) is 0 Å². The molecule has 0 bridgehead atoms. The minimum Gasteiger partial charge on any atom is -0.495 e. The third kappa shape index (κ3) is 3.82. The van der Waals surface area contributed by atoms with Gasteiger partial charge in [0, 0.05) is 31.9 Å². The van der Waals surface area contributed by atoms with Gasteiger partial charge in [-0.1, -0.05) is 0 Å². The van der Waals surface area contributed by atoms with Crippen LogP contribution in [-0.2, 0) is 9.53 Å². The van der Waals surface area contributed by atoms with Crippen LogP contribution < -0.4 is 15.0 Å². The number of anilines is 2. The zero-order valence-electron chi connectivity index (χ0n) is 13.3. The topological polar surface area (TPSA) is 71.0 Å². The van der Waals surface area contributed by atoms with E-state index in [2.05, 4.69) is 16.3 Å². The Morgan fingerprint density at radius 2 is 2.09 bits per heavy atom. The standard InChI is InChI=1S/C16H24N2O4/c1-11(16(19)20)22-13-6-8-18(9-7-13)12-4-5-14(17-2)15(10-12)21-3/h4-5,10-11,13,17H,6-9H2,1-3H3,(H,19,20). The Labute approximate surface area is 131 Å². The molecule has 1 atom stereocenters. The van der Waals surface area contributed by atoms with Crippen LogP contribution in [0.2, 0.25) is 0 Å². The molecule has 0 aromatic heterocycles. The monoisotopic (exact) mass is 308 g/mol. The molecule has 0 spiro atoms. The molecule has 0 aliphatic carbocycles. The maximum absolute atomic E-state index is 10.8. The Balaban J connectivity index is 1.95. The van der Waals surface area contributed by atoms with Gasteiger partial charge in [0.15, 0.2) is 6.10 Å². The van der Waals surface area contributed by atoms with Crippen molar-refractivity contribution in [1.29, 1.82) is 0 Å². The second kappa shape index (κ2) is 7.35. The van der Waals surface area contributed by atoms with Crippen molar-refractivity contribution in [3.05, 3.63) is 18.2 Å². The fourth-order valence-electron chi connectivity index (χ4n) is 2.68. The lowest BCUT2D eigenvalue weighted by Gasteiger charge is -2.34. The Morgan fingerprint density at radius 3 is 2.64 bits per heavy atom.